The molecule has 1 aromatic carbocycles. The average molecular weight is 296 g/mol. The normalized spacial score (nSPS) is 15.5. The maximum Gasteiger partial charge on any atom is 0.208 e. The molecule has 0 aromatic heterocycles. The van der Waals surface area contributed by atoms with E-state index in [0.717, 1.165) is 0 Å². The first kappa shape index (κ1) is 11.9. The zero-order valence-corrected chi connectivity index (χ0v) is 10.5. The lowest BCUT2D eigenvalue weighted by Gasteiger charge is -2.16. The van der Waals surface area contributed by atoms with Crippen LogP contribution in [0.2, 0.25) is 10.0 Å². The van der Waals surface area contributed by atoms with Crippen LogP contribution in [0.3, 0.4) is 0 Å². The number of benzene rings is 1. The smallest absolute Gasteiger partial charge is 0.208 e. The molecule has 0 bridgehead atoms. The number of Topliss-reactive ketones (excluding diaryl/α,β-unsaturated/α-hetero) is 2. The molecule has 0 aliphatic heterocycles. The van der Waals surface area contributed by atoms with Gasteiger partial charge in [0.05, 0.1) is 21.2 Å². The second-order valence-corrected chi connectivity index (χ2v) is 4.64. The monoisotopic (exact) mass is 294 g/mol. The molecule has 16 heavy (non-hydrogen) atoms. The van der Waals surface area contributed by atoms with Crippen molar-refractivity contribution in [2.75, 3.05) is 0 Å². The Morgan fingerprint density at radius 3 is 1.31 bits per heavy atom. The highest BCUT2D eigenvalue weighted by atomic mass is 35.5. The number of fused-ring (bicyclic) bond motifs is 1. The highest BCUT2D eigenvalue weighted by molar-refractivity contribution is 6.61. The molecule has 1 aliphatic rings. The van der Waals surface area contributed by atoms with Crippen LogP contribution >= 0.6 is 46.4 Å². The van der Waals surface area contributed by atoms with Crippen molar-refractivity contribution in [1.29, 1.82) is 0 Å². The Balaban J connectivity index is 2.86. The second kappa shape index (κ2) is 4.04. The van der Waals surface area contributed by atoms with Gasteiger partial charge in [-0.1, -0.05) is 46.4 Å². The molecule has 0 atom stereocenters. The zero-order chi connectivity index (χ0) is 12.0. The molecule has 0 unspecified atom stereocenters. The number of carbonyl (C=O) groups excluding carboxylic acids is 2. The van der Waals surface area contributed by atoms with Crippen molar-refractivity contribution < 1.29 is 9.59 Å². The number of rotatable bonds is 0. The fourth-order valence-corrected chi connectivity index (χ4v) is 2.26. The van der Waals surface area contributed by atoms with Gasteiger partial charge in [0.1, 0.15) is 10.1 Å². The summed E-state index contributed by atoms with van der Waals surface area (Å²) in [7, 11) is 0. The van der Waals surface area contributed by atoms with Crippen LogP contribution in [0, 0.1) is 0 Å². The summed E-state index contributed by atoms with van der Waals surface area (Å²) in [6, 6.07) is 2.86. The van der Waals surface area contributed by atoms with Gasteiger partial charge in [0.15, 0.2) is 0 Å². The summed E-state index contributed by atoms with van der Waals surface area (Å²) in [6.45, 7) is 0. The number of hydrogen-bond acceptors (Lipinski definition) is 2. The summed E-state index contributed by atoms with van der Waals surface area (Å²) < 4.78 is 0. The van der Waals surface area contributed by atoms with Gasteiger partial charge in [-0.05, 0) is 12.1 Å². The minimum atomic E-state index is -0.589. The van der Waals surface area contributed by atoms with E-state index >= 15 is 0 Å². The lowest BCUT2D eigenvalue weighted by atomic mass is 9.94. The maximum absolute atomic E-state index is 11.8. The molecule has 0 radical (unpaired) electrons. The first-order chi connectivity index (χ1) is 7.45. The van der Waals surface area contributed by atoms with Gasteiger partial charge in [-0.3, -0.25) is 9.59 Å². The largest absolute Gasteiger partial charge is 0.287 e. The van der Waals surface area contributed by atoms with Gasteiger partial charge in [-0.15, -0.1) is 0 Å². The molecule has 0 amide bonds. The molecule has 1 aromatic rings. The number of allylic oxidation sites excluding steroid dienone is 2. The van der Waals surface area contributed by atoms with Crippen molar-refractivity contribution in [2.45, 2.75) is 0 Å². The fourth-order valence-electron chi connectivity index (χ4n) is 1.41. The van der Waals surface area contributed by atoms with Crippen molar-refractivity contribution in [2.24, 2.45) is 0 Å². The lowest BCUT2D eigenvalue weighted by molar-refractivity contribution is 0.0987. The number of ketones is 2. The number of hydrogen-bond donors (Lipinski definition) is 0. The topological polar surface area (TPSA) is 34.1 Å². The third kappa shape index (κ3) is 1.57. The van der Waals surface area contributed by atoms with Crippen LogP contribution in [0.1, 0.15) is 20.7 Å². The van der Waals surface area contributed by atoms with Crippen molar-refractivity contribution in [1.82, 2.24) is 0 Å². The Hall–Kier alpha value is -0.540. The summed E-state index contributed by atoms with van der Waals surface area (Å²) in [5.41, 5.74) is 0.0159. The van der Waals surface area contributed by atoms with Crippen LogP contribution < -0.4 is 0 Å². The minimum Gasteiger partial charge on any atom is -0.287 e. The van der Waals surface area contributed by atoms with E-state index in [4.69, 9.17) is 46.4 Å². The first-order valence-electron chi connectivity index (χ1n) is 4.07. The van der Waals surface area contributed by atoms with E-state index in [-0.39, 0.29) is 31.2 Å². The summed E-state index contributed by atoms with van der Waals surface area (Å²) in [4.78, 5) is 23.6. The highest BCUT2D eigenvalue weighted by Crippen LogP contribution is 2.37. The molecule has 2 nitrogen and oxygen atoms in total. The van der Waals surface area contributed by atoms with Crippen molar-refractivity contribution in [3.8, 4) is 0 Å². The fraction of sp³-hybridized carbons (Fsp3) is 0. The highest BCUT2D eigenvalue weighted by Gasteiger charge is 2.34. The third-order valence-corrected chi connectivity index (χ3v) is 3.60. The Morgan fingerprint density at radius 1 is 0.688 bits per heavy atom. The average Bonchev–Trinajstić information content (AvgIpc) is 2.26. The van der Waals surface area contributed by atoms with Crippen LogP contribution in [0.25, 0.3) is 0 Å². The van der Waals surface area contributed by atoms with Gasteiger partial charge in [0, 0.05) is 0 Å². The van der Waals surface area contributed by atoms with Crippen LogP contribution in [0.15, 0.2) is 22.2 Å². The molecular formula is C10H2Cl4O2. The number of halogens is 4. The molecule has 0 saturated heterocycles. The SMILES string of the molecule is O=C1C(Cl)=C(Cl)C(=O)c2c(Cl)ccc(Cl)c21. The second-order valence-electron chi connectivity index (χ2n) is 3.07. The van der Waals surface area contributed by atoms with Gasteiger partial charge >= 0.3 is 0 Å². The first-order valence-corrected chi connectivity index (χ1v) is 5.59. The van der Waals surface area contributed by atoms with Gasteiger partial charge in [-0.2, -0.15) is 0 Å². The van der Waals surface area contributed by atoms with Crippen molar-refractivity contribution in [3.05, 3.63) is 43.4 Å². The molecule has 0 saturated carbocycles. The Bertz CT molecular complexity index is 511. The molecule has 82 valence electrons. The molecule has 1 aliphatic carbocycles. The quantitative estimate of drug-likeness (QED) is 0.723. The Morgan fingerprint density at radius 2 is 1.00 bits per heavy atom. The standard InChI is InChI=1S/C10H2Cl4O2/c11-3-1-2-4(12)6-5(3)9(15)7(13)8(14)10(6)16/h1-2H. The molecule has 2 rings (SSSR count). The maximum atomic E-state index is 11.8. The van der Waals surface area contributed by atoms with Crippen LogP contribution in [-0.4, -0.2) is 11.6 Å². The molecule has 0 N–H and O–H groups in total. The summed E-state index contributed by atoms with van der Waals surface area (Å²) in [6.07, 6.45) is 0. The summed E-state index contributed by atoms with van der Waals surface area (Å²) in [5, 5.41) is -0.410. The van der Waals surface area contributed by atoms with E-state index in [0.29, 0.717) is 0 Å². The van der Waals surface area contributed by atoms with Gasteiger partial charge < -0.3 is 0 Å². The lowest BCUT2D eigenvalue weighted by Crippen LogP contribution is -2.18. The minimum absolute atomic E-state index is 0.00793. The molecule has 0 heterocycles. The van der Waals surface area contributed by atoms with Gasteiger partial charge in [0.25, 0.3) is 0 Å². The Kier molecular flexibility index (Phi) is 3.01. The van der Waals surface area contributed by atoms with E-state index in [1.54, 1.807) is 0 Å². The molecular weight excluding hydrogens is 294 g/mol. The van der Waals surface area contributed by atoms with Gasteiger partial charge in [-0.25, -0.2) is 0 Å². The molecule has 0 fully saturated rings. The van der Waals surface area contributed by atoms with Crippen molar-refractivity contribution >= 4 is 58.0 Å². The van der Waals surface area contributed by atoms with Crippen LogP contribution in [0.4, 0.5) is 0 Å². The predicted molar refractivity (Wildman–Crippen MR) is 63.9 cm³/mol. The van der Waals surface area contributed by atoms with E-state index in [2.05, 4.69) is 0 Å². The summed E-state index contributed by atoms with van der Waals surface area (Å²) >= 11 is 22.9. The number of carbonyl (C=O) groups is 2. The van der Waals surface area contributed by atoms with E-state index < -0.39 is 11.6 Å². The molecule has 0 spiro atoms. The van der Waals surface area contributed by atoms with Crippen molar-refractivity contribution in [3.63, 3.8) is 0 Å². The third-order valence-electron chi connectivity index (χ3n) is 2.15. The summed E-state index contributed by atoms with van der Waals surface area (Å²) in [5.74, 6) is -1.18. The van der Waals surface area contributed by atoms with Gasteiger partial charge in [0.2, 0.25) is 11.6 Å². The van der Waals surface area contributed by atoms with Crippen LogP contribution in [0.5, 0.6) is 0 Å². The van der Waals surface area contributed by atoms with E-state index in [1.807, 2.05) is 0 Å². The molecule has 6 heteroatoms. The van der Waals surface area contributed by atoms with Crippen LogP contribution in [-0.2, 0) is 0 Å². The Labute approximate surface area is 111 Å². The van der Waals surface area contributed by atoms with E-state index in [1.165, 1.54) is 12.1 Å². The van der Waals surface area contributed by atoms with E-state index in [9.17, 15) is 9.59 Å². The predicted octanol–water partition coefficient (Wildman–Crippen LogP) is 4.06. The zero-order valence-electron chi connectivity index (χ0n) is 7.48.